The van der Waals surface area contributed by atoms with E-state index in [-0.39, 0.29) is 0 Å². The summed E-state index contributed by atoms with van der Waals surface area (Å²) in [7, 11) is 0. The topological polar surface area (TPSA) is 188 Å². The number of nitrogens with one attached hydrogen (secondary N) is 3. The molecule has 0 saturated carbocycles. The van der Waals surface area contributed by atoms with Gasteiger partial charge in [0.25, 0.3) is 5.78 Å². The molecule has 0 aliphatic heterocycles. The Labute approximate surface area is 196 Å². The molecular formula is C19H27F4N3O9. The summed E-state index contributed by atoms with van der Waals surface area (Å²) in [4.78, 5) is 70.2. The fraction of sp³-hybridized carbons (Fsp3) is 0.684. The van der Waals surface area contributed by atoms with Crippen LogP contribution < -0.4 is 16.0 Å². The SMILES string of the molecule is CC(C)(C)OC(=O)NC(CCC(=O)O)C(=O)NC(CC(F)F)C(=O)NC(CC(F)F)C(=O)C(=O)O. The lowest BCUT2D eigenvalue weighted by molar-refractivity contribution is -0.151. The van der Waals surface area contributed by atoms with Gasteiger partial charge in [0.2, 0.25) is 24.7 Å². The second kappa shape index (κ2) is 14.1. The van der Waals surface area contributed by atoms with Crippen LogP contribution in [0, 0.1) is 0 Å². The van der Waals surface area contributed by atoms with Crippen molar-refractivity contribution in [1.82, 2.24) is 16.0 Å². The summed E-state index contributed by atoms with van der Waals surface area (Å²) in [5.74, 6) is -8.26. The number of hydrogen-bond acceptors (Lipinski definition) is 7. The molecule has 0 rings (SSSR count). The first-order chi connectivity index (χ1) is 15.9. The van der Waals surface area contributed by atoms with Crippen molar-refractivity contribution in [3.8, 4) is 0 Å². The maximum Gasteiger partial charge on any atom is 0.408 e. The number of carbonyl (C=O) groups excluding carboxylic acids is 4. The van der Waals surface area contributed by atoms with Gasteiger partial charge in [0, 0.05) is 19.3 Å². The minimum absolute atomic E-state index is 0.547. The van der Waals surface area contributed by atoms with Crippen LogP contribution in [-0.2, 0) is 28.7 Å². The average molecular weight is 517 g/mol. The van der Waals surface area contributed by atoms with Crippen LogP contribution in [0.3, 0.4) is 0 Å². The van der Waals surface area contributed by atoms with Gasteiger partial charge in [0.05, 0.1) is 0 Å². The van der Waals surface area contributed by atoms with Crippen LogP contribution in [0.25, 0.3) is 0 Å². The van der Waals surface area contributed by atoms with Gasteiger partial charge in [-0.1, -0.05) is 0 Å². The Hall–Kier alpha value is -3.46. The van der Waals surface area contributed by atoms with Gasteiger partial charge in [-0.3, -0.25) is 19.2 Å². The van der Waals surface area contributed by atoms with E-state index < -0.39 is 97.9 Å². The van der Waals surface area contributed by atoms with Crippen LogP contribution in [0.5, 0.6) is 0 Å². The van der Waals surface area contributed by atoms with Crippen LogP contribution in [0.2, 0.25) is 0 Å². The molecule has 0 aromatic rings. The van der Waals surface area contributed by atoms with Gasteiger partial charge in [-0.15, -0.1) is 0 Å². The quantitative estimate of drug-likeness (QED) is 0.163. The number of amides is 3. The Morgan fingerprint density at radius 2 is 1.23 bits per heavy atom. The predicted molar refractivity (Wildman–Crippen MR) is 108 cm³/mol. The molecule has 0 saturated heterocycles. The lowest BCUT2D eigenvalue weighted by Crippen LogP contribution is -2.57. The monoisotopic (exact) mass is 517 g/mol. The zero-order chi connectivity index (χ0) is 27.5. The molecule has 3 unspecified atom stereocenters. The average Bonchev–Trinajstić information content (AvgIpc) is 2.66. The maximum atomic E-state index is 13.0. The first-order valence-corrected chi connectivity index (χ1v) is 10.1. The molecule has 200 valence electrons. The van der Waals surface area contributed by atoms with E-state index in [1.54, 1.807) is 5.32 Å². The van der Waals surface area contributed by atoms with E-state index in [0.29, 0.717) is 0 Å². The molecule has 0 aromatic carbocycles. The van der Waals surface area contributed by atoms with Crippen LogP contribution in [0.15, 0.2) is 0 Å². The highest BCUT2D eigenvalue weighted by molar-refractivity contribution is 6.35. The van der Waals surface area contributed by atoms with Crippen LogP contribution >= 0.6 is 0 Å². The van der Waals surface area contributed by atoms with Crippen molar-refractivity contribution in [3.63, 3.8) is 0 Å². The number of halogens is 4. The molecule has 16 heteroatoms. The number of ketones is 1. The highest BCUT2D eigenvalue weighted by atomic mass is 19.3. The largest absolute Gasteiger partial charge is 0.481 e. The molecule has 0 aromatic heterocycles. The first-order valence-electron chi connectivity index (χ1n) is 10.1. The molecule has 12 nitrogen and oxygen atoms in total. The summed E-state index contributed by atoms with van der Waals surface area (Å²) in [6, 6.07) is -6.11. The molecule has 0 radical (unpaired) electrons. The predicted octanol–water partition coefficient (Wildman–Crippen LogP) is 0.678. The number of alkyl halides is 4. The number of alkyl carbamates (subject to hydrolysis) is 1. The Bertz CT molecular complexity index is 803. The van der Waals surface area contributed by atoms with E-state index in [2.05, 4.69) is 0 Å². The number of rotatable bonds is 14. The summed E-state index contributed by atoms with van der Waals surface area (Å²) in [6.45, 7) is 4.45. The van der Waals surface area contributed by atoms with Crippen molar-refractivity contribution < 1.29 is 61.3 Å². The van der Waals surface area contributed by atoms with Crippen molar-refractivity contribution >= 4 is 35.6 Å². The molecule has 0 spiro atoms. The number of carboxylic acids is 2. The molecule has 0 heterocycles. The molecule has 35 heavy (non-hydrogen) atoms. The van der Waals surface area contributed by atoms with E-state index in [1.165, 1.54) is 20.8 Å². The number of ether oxygens (including phenoxy) is 1. The smallest absolute Gasteiger partial charge is 0.408 e. The summed E-state index contributed by atoms with van der Waals surface area (Å²) in [5, 5.41) is 23.0. The Balaban J connectivity index is 5.69. The third kappa shape index (κ3) is 13.7. The van der Waals surface area contributed by atoms with Gasteiger partial charge in [-0.25, -0.2) is 27.2 Å². The third-order valence-electron chi connectivity index (χ3n) is 3.96. The summed E-state index contributed by atoms with van der Waals surface area (Å²) in [6.07, 6.45) is -11.7. The zero-order valence-electron chi connectivity index (χ0n) is 19.0. The fourth-order valence-electron chi connectivity index (χ4n) is 2.50. The van der Waals surface area contributed by atoms with Gasteiger partial charge in [0.15, 0.2) is 0 Å². The van der Waals surface area contributed by atoms with E-state index in [1.807, 2.05) is 10.6 Å². The number of aliphatic carboxylic acids is 2. The number of carboxylic acid groups (broad SMARTS) is 2. The molecule has 0 bridgehead atoms. The Morgan fingerprint density at radius 1 is 0.771 bits per heavy atom. The minimum atomic E-state index is -3.25. The van der Waals surface area contributed by atoms with Crippen LogP contribution in [-0.4, -0.2) is 82.4 Å². The second-order valence-corrected chi connectivity index (χ2v) is 8.18. The molecule has 0 aliphatic carbocycles. The zero-order valence-corrected chi connectivity index (χ0v) is 19.0. The van der Waals surface area contributed by atoms with Gasteiger partial charge in [0.1, 0.15) is 23.7 Å². The van der Waals surface area contributed by atoms with E-state index in [0.717, 1.165) is 0 Å². The van der Waals surface area contributed by atoms with Gasteiger partial charge in [-0.05, 0) is 27.2 Å². The Morgan fingerprint density at radius 3 is 1.66 bits per heavy atom. The first kappa shape index (κ1) is 31.5. The van der Waals surface area contributed by atoms with E-state index in [9.17, 15) is 46.3 Å². The van der Waals surface area contributed by atoms with Crippen molar-refractivity contribution in [2.75, 3.05) is 0 Å². The maximum absolute atomic E-state index is 13.0. The molecule has 0 fully saturated rings. The molecular weight excluding hydrogens is 490 g/mol. The normalized spacial score (nSPS) is 14.0. The highest BCUT2D eigenvalue weighted by Gasteiger charge is 2.34. The molecule has 5 N–H and O–H groups in total. The molecule has 3 atom stereocenters. The lowest BCUT2D eigenvalue weighted by atomic mass is 10.1. The van der Waals surface area contributed by atoms with Crippen molar-refractivity contribution in [3.05, 3.63) is 0 Å². The second-order valence-electron chi connectivity index (χ2n) is 8.18. The van der Waals surface area contributed by atoms with Gasteiger partial charge >= 0.3 is 18.0 Å². The highest BCUT2D eigenvalue weighted by Crippen LogP contribution is 2.11. The number of carbonyl (C=O) groups is 6. The molecule has 3 amide bonds. The van der Waals surface area contributed by atoms with Crippen molar-refractivity contribution in [2.45, 2.75) is 83.0 Å². The lowest BCUT2D eigenvalue weighted by Gasteiger charge is -2.26. The Kier molecular flexibility index (Phi) is 12.7. The van der Waals surface area contributed by atoms with Crippen molar-refractivity contribution in [1.29, 1.82) is 0 Å². The van der Waals surface area contributed by atoms with Gasteiger partial charge < -0.3 is 30.9 Å². The minimum Gasteiger partial charge on any atom is -0.481 e. The summed E-state index contributed by atoms with van der Waals surface area (Å²) in [5.41, 5.74) is -1.02. The van der Waals surface area contributed by atoms with Crippen LogP contribution in [0.1, 0.15) is 46.5 Å². The number of hydrogen-bond donors (Lipinski definition) is 5. The van der Waals surface area contributed by atoms with E-state index >= 15 is 0 Å². The standard InChI is InChI=1S/C19H27F4N3O9/c1-19(2,3)35-18(34)26-8(4-5-13(27)28)15(30)25-10(7-12(22)23)16(31)24-9(6-11(20)21)14(29)17(32)33/h8-12H,4-7H2,1-3H3,(H,24,31)(H,25,30)(H,26,34)(H,27,28)(H,32,33). The fourth-order valence-corrected chi connectivity index (χ4v) is 2.50. The molecule has 0 aliphatic rings. The van der Waals surface area contributed by atoms with E-state index in [4.69, 9.17) is 14.9 Å². The summed E-state index contributed by atoms with van der Waals surface area (Å²) >= 11 is 0. The van der Waals surface area contributed by atoms with Crippen LogP contribution in [0.4, 0.5) is 22.4 Å². The van der Waals surface area contributed by atoms with Crippen molar-refractivity contribution in [2.24, 2.45) is 0 Å². The van der Waals surface area contributed by atoms with Gasteiger partial charge in [-0.2, -0.15) is 0 Å². The number of Topliss-reactive ketones (excluding diaryl/α,β-unsaturated/α-hetero) is 1. The summed E-state index contributed by atoms with van der Waals surface area (Å²) < 4.78 is 56.3. The third-order valence-corrected chi connectivity index (χ3v) is 3.96.